The van der Waals surface area contributed by atoms with Crippen molar-refractivity contribution in [1.29, 1.82) is 0 Å². The van der Waals surface area contributed by atoms with Crippen molar-refractivity contribution in [1.82, 2.24) is 0 Å². The van der Waals surface area contributed by atoms with Crippen molar-refractivity contribution in [2.24, 2.45) is 0 Å². The van der Waals surface area contributed by atoms with Crippen LogP contribution in [-0.4, -0.2) is 17.0 Å². The molecule has 0 spiro atoms. The van der Waals surface area contributed by atoms with Gasteiger partial charge in [0.05, 0.1) is 6.26 Å². The van der Waals surface area contributed by atoms with E-state index in [0.717, 1.165) is 23.3 Å². The smallest absolute Gasteiger partial charge is 0.331 e. The molecule has 0 unspecified atom stereocenters. The van der Waals surface area contributed by atoms with Crippen LogP contribution >= 0.6 is 0 Å². The van der Waals surface area contributed by atoms with Gasteiger partial charge in [-0.25, -0.2) is 9.59 Å². The zero-order chi connectivity index (χ0) is 14.1. The number of carboxylic acids is 1. The number of ether oxygens (including phenoxy) is 2. The number of hydrogen-bond acceptors (Lipinski definition) is 4. The van der Waals surface area contributed by atoms with Gasteiger partial charge in [0, 0.05) is 12.2 Å². The van der Waals surface area contributed by atoms with Crippen molar-refractivity contribution in [3.63, 3.8) is 0 Å². The molecule has 1 aromatic rings. The molecule has 0 fully saturated rings. The number of carbonyl (C=O) groups is 2. The molecule has 1 N–H and O–H groups in total. The van der Waals surface area contributed by atoms with Crippen LogP contribution in [0.5, 0.6) is 0 Å². The number of aliphatic carboxylic acids is 1. The molecule has 0 radical (unpaired) electrons. The molecule has 1 rings (SSSR count). The molecule has 0 aliphatic heterocycles. The summed E-state index contributed by atoms with van der Waals surface area (Å²) in [7, 11) is 0. The predicted octanol–water partition coefficient (Wildman–Crippen LogP) is 2.03. The Bertz CT molecular complexity index is 473. The molecule has 0 atom stereocenters. The molecule has 0 saturated carbocycles. The van der Waals surface area contributed by atoms with Gasteiger partial charge in [-0.3, -0.25) is 0 Å². The van der Waals surface area contributed by atoms with Crippen LogP contribution in [0.4, 0.5) is 0 Å². The Morgan fingerprint density at radius 2 is 1.68 bits per heavy atom. The minimum atomic E-state index is -1.19. The van der Waals surface area contributed by atoms with Crippen LogP contribution < -0.4 is 0 Å². The number of carboxylic acid groups (broad SMARTS) is 1. The second-order valence-corrected chi connectivity index (χ2v) is 3.57. The molecule has 100 valence electrons. The van der Waals surface area contributed by atoms with E-state index in [1.807, 2.05) is 12.1 Å². The second kappa shape index (κ2) is 7.71. The normalized spacial score (nSPS) is 10.1. The standard InChI is InChI=1S/C14H14O5/c1-2-18-9-11-3-5-12(6-4-11)10-19-14(17)8-7-13(15)16/h2-8H,1,9-10H2,(H,15,16)/b8-7-. The minimum Gasteiger partial charge on any atom is -0.497 e. The molecule has 0 aliphatic rings. The number of rotatable bonds is 7. The molecule has 0 bridgehead atoms. The van der Waals surface area contributed by atoms with E-state index in [1.54, 1.807) is 12.1 Å². The van der Waals surface area contributed by atoms with Crippen LogP contribution in [0.1, 0.15) is 11.1 Å². The predicted molar refractivity (Wildman–Crippen MR) is 68.0 cm³/mol. The minimum absolute atomic E-state index is 0.0887. The largest absolute Gasteiger partial charge is 0.497 e. The summed E-state index contributed by atoms with van der Waals surface area (Å²) in [6.45, 7) is 3.97. The summed E-state index contributed by atoms with van der Waals surface area (Å²) in [5.74, 6) is -1.88. The summed E-state index contributed by atoms with van der Waals surface area (Å²) in [6, 6.07) is 7.30. The fourth-order valence-corrected chi connectivity index (χ4v) is 1.23. The van der Waals surface area contributed by atoms with E-state index in [1.165, 1.54) is 6.26 Å². The Morgan fingerprint density at radius 1 is 1.11 bits per heavy atom. The summed E-state index contributed by atoms with van der Waals surface area (Å²) in [5.41, 5.74) is 1.78. The van der Waals surface area contributed by atoms with Gasteiger partial charge in [-0.05, 0) is 11.1 Å². The van der Waals surface area contributed by atoms with E-state index in [4.69, 9.17) is 14.6 Å². The first-order valence-electron chi connectivity index (χ1n) is 5.50. The van der Waals surface area contributed by atoms with Crippen molar-refractivity contribution >= 4 is 11.9 Å². The lowest BCUT2D eigenvalue weighted by atomic mass is 10.1. The maximum absolute atomic E-state index is 11.1. The number of carbonyl (C=O) groups excluding carboxylic acids is 1. The van der Waals surface area contributed by atoms with Crippen molar-refractivity contribution in [3.05, 3.63) is 60.4 Å². The Morgan fingerprint density at radius 3 is 2.21 bits per heavy atom. The van der Waals surface area contributed by atoms with Crippen LogP contribution in [0.2, 0.25) is 0 Å². The molecule has 0 aromatic heterocycles. The quantitative estimate of drug-likeness (QED) is 0.462. The van der Waals surface area contributed by atoms with Crippen LogP contribution in [0.3, 0.4) is 0 Å². The topological polar surface area (TPSA) is 72.8 Å². The van der Waals surface area contributed by atoms with Crippen molar-refractivity contribution in [2.45, 2.75) is 13.2 Å². The fraction of sp³-hybridized carbons (Fsp3) is 0.143. The third kappa shape index (κ3) is 6.07. The highest BCUT2D eigenvalue weighted by atomic mass is 16.5. The van der Waals surface area contributed by atoms with Crippen molar-refractivity contribution < 1.29 is 24.2 Å². The van der Waals surface area contributed by atoms with Gasteiger partial charge in [0.25, 0.3) is 0 Å². The van der Waals surface area contributed by atoms with E-state index >= 15 is 0 Å². The highest BCUT2D eigenvalue weighted by Gasteiger charge is 2.00. The Kier molecular flexibility index (Phi) is 5.88. The van der Waals surface area contributed by atoms with E-state index in [9.17, 15) is 9.59 Å². The molecule has 0 saturated heterocycles. The number of benzene rings is 1. The Hall–Kier alpha value is -2.56. The molecule has 5 heteroatoms. The highest BCUT2D eigenvalue weighted by Crippen LogP contribution is 2.07. The van der Waals surface area contributed by atoms with Gasteiger partial charge in [-0.1, -0.05) is 30.8 Å². The van der Waals surface area contributed by atoms with Crippen LogP contribution in [0.15, 0.2) is 49.3 Å². The van der Waals surface area contributed by atoms with Gasteiger partial charge in [-0.15, -0.1) is 0 Å². The molecular formula is C14H14O5. The van der Waals surface area contributed by atoms with Crippen molar-refractivity contribution in [3.8, 4) is 0 Å². The zero-order valence-electron chi connectivity index (χ0n) is 10.2. The van der Waals surface area contributed by atoms with Crippen LogP contribution in [0, 0.1) is 0 Å². The average molecular weight is 262 g/mol. The lowest BCUT2D eigenvalue weighted by Gasteiger charge is -2.04. The van der Waals surface area contributed by atoms with E-state index in [0.29, 0.717) is 6.61 Å². The molecule has 19 heavy (non-hydrogen) atoms. The molecule has 0 aliphatic carbocycles. The van der Waals surface area contributed by atoms with E-state index < -0.39 is 11.9 Å². The summed E-state index contributed by atoms with van der Waals surface area (Å²) in [4.78, 5) is 21.3. The molecule has 0 heterocycles. The summed E-state index contributed by atoms with van der Waals surface area (Å²) in [5, 5.41) is 8.34. The van der Waals surface area contributed by atoms with E-state index in [2.05, 4.69) is 6.58 Å². The van der Waals surface area contributed by atoms with Gasteiger partial charge in [-0.2, -0.15) is 0 Å². The molecular weight excluding hydrogens is 248 g/mol. The number of esters is 1. The van der Waals surface area contributed by atoms with Gasteiger partial charge in [0.2, 0.25) is 0 Å². The maximum atomic E-state index is 11.1. The lowest BCUT2D eigenvalue weighted by molar-refractivity contribution is -0.139. The molecule has 5 nitrogen and oxygen atoms in total. The monoisotopic (exact) mass is 262 g/mol. The summed E-state index contributed by atoms with van der Waals surface area (Å²) in [6.07, 6.45) is 2.97. The zero-order valence-corrected chi connectivity index (χ0v) is 10.2. The van der Waals surface area contributed by atoms with Gasteiger partial charge in [0.1, 0.15) is 13.2 Å². The SMILES string of the molecule is C=COCc1ccc(COC(=O)/C=C\C(=O)O)cc1. The fourth-order valence-electron chi connectivity index (χ4n) is 1.23. The Labute approximate surface area is 110 Å². The van der Waals surface area contributed by atoms with Crippen LogP contribution in [0.25, 0.3) is 0 Å². The summed E-state index contributed by atoms with van der Waals surface area (Å²) >= 11 is 0. The van der Waals surface area contributed by atoms with Crippen LogP contribution in [-0.2, 0) is 32.3 Å². The highest BCUT2D eigenvalue weighted by molar-refractivity contribution is 5.90. The third-order valence-electron chi connectivity index (χ3n) is 2.13. The van der Waals surface area contributed by atoms with Gasteiger partial charge >= 0.3 is 11.9 Å². The second-order valence-electron chi connectivity index (χ2n) is 3.57. The molecule has 0 amide bonds. The Balaban J connectivity index is 2.43. The van der Waals surface area contributed by atoms with Gasteiger partial charge < -0.3 is 14.6 Å². The lowest BCUT2D eigenvalue weighted by Crippen LogP contribution is -2.02. The van der Waals surface area contributed by atoms with E-state index in [-0.39, 0.29) is 6.61 Å². The molecule has 1 aromatic carbocycles. The summed E-state index contributed by atoms with van der Waals surface area (Å²) < 4.78 is 9.89. The first-order chi connectivity index (χ1) is 9.11. The first-order valence-corrected chi connectivity index (χ1v) is 5.50. The van der Waals surface area contributed by atoms with Gasteiger partial charge in [0.15, 0.2) is 0 Å². The number of hydrogen-bond donors (Lipinski definition) is 1. The maximum Gasteiger partial charge on any atom is 0.331 e. The first kappa shape index (κ1) is 14.5. The average Bonchev–Trinajstić information content (AvgIpc) is 2.41. The third-order valence-corrected chi connectivity index (χ3v) is 2.13. The van der Waals surface area contributed by atoms with Crippen molar-refractivity contribution in [2.75, 3.05) is 0 Å².